The Balaban J connectivity index is 2.04. The van der Waals surface area contributed by atoms with Crippen LogP contribution in [0.25, 0.3) is 0 Å². The molecule has 2 rings (SSSR count). The first kappa shape index (κ1) is 14.7. The topological polar surface area (TPSA) is 21.3 Å². The van der Waals surface area contributed by atoms with Crippen molar-refractivity contribution < 1.29 is 9.13 Å². The van der Waals surface area contributed by atoms with Crippen molar-refractivity contribution in [1.29, 1.82) is 0 Å². The molecule has 1 atom stereocenters. The molecule has 1 N–H and O–H groups in total. The van der Waals surface area contributed by atoms with Gasteiger partial charge in [0.2, 0.25) is 0 Å². The normalized spacial score (nSPS) is 12.3. The predicted octanol–water partition coefficient (Wildman–Crippen LogP) is 3.82. The van der Waals surface area contributed by atoms with Gasteiger partial charge in [-0.3, -0.25) is 0 Å². The Hall–Kier alpha value is -1.71. The van der Waals surface area contributed by atoms with Crippen molar-refractivity contribution in [1.82, 2.24) is 5.32 Å². The molecule has 2 nitrogen and oxygen atoms in total. The van der Waals surface area contributed by atoms with Crippen LogP contribution in [0.2, 0.25) is 0 Å². The summed E-state index contributed by atoms with van der Waals surface area (Å²) in [6.07, 6.45) is 0. The van der Waals surface area contributed by atoms with Crippen LogP contribution in [0, 0.1) is 5.82 Å². The van der Waals surface area contributed by atoms with Crippen molar-refractivity contribution in [3.8, 4) is 0 Å². The summed E-state index contributed by atoms with van der Waals surface area (Å²) in [5, 5.41) is 3.36. The highest BCUT2D eigenvalue weighted by molar-refractivity contribution is 5.27. The summed E-state index contributed by atoms with van der Waals surface area (Å²) in [5.74, 6) is -0.169. The number of halogens is 1. The molecule has 0 heterocycles. The van der Waals surface area contributed by atoms with E-state index in [-0.39, 0.29) is 11.9 Å². The SMILES string of the molecule is COCc1ccccc1CNC(C)c1ccccc1F. The maximum absolute atomic E-state index is 13.7. The lowest BCUT2D eigenvalue weighted by Crippen LogP contribution is -2.20. The molecule has 0 bridgehead atoms. The number of hydrogen-bond acceptors (Lipinski definition) is 2. The largest absolute Gasteiger partial charge is 0.380 e. The molecule has 2 aromatic rings. The molecule has 0 aliphatic heterocycles. The number of nitrogens with one attached hydrogen (secondary N) is 1. The fourth-order valence-electron chi connectivity index (χ4n) is 2.23. The van der Waals surface area contributed by atoms with Gasteiger partial charge in [0.15, 0.2) is 0 Å². The summed E-state index contributed by atoms with van der Waals surface area (Å²) in [7, 11) is 1.69. The molecule has 0 aliphatic rings. The minimum absolute atomic E-state index is 0.0354. The van der Waals surface area contributed by atoms with Crippen LogP contribution in [0.5, 0.6) is 0 Å². The van der Waals surface area contributed by atoms with E-state index in [1.54, 1.807) is 13.2 Å². The lowest BCUT2D eigenvalue weighted by atomic mass is 10.1. The standard InChI is InChI=1S/C17H20FNO/c1-13(16-9-5-6-10-17(16)18)19-11-14-7-3-4-8-15(14)12-20-2/h3-10,13,19H,11-12H2,1-2H3. The highest BCUT2D eigenvalue weighted by Crippen LogP contribution is 2.17. The molecule has 20 heavy (non-hydrogen) atoms. The molecule has 106 valence electrons. The van der Waals surface area contributed by atoms with Crippen LogP contribution in [0.3, 0.4) is 0 Å². The average molecular weight is 273 g/mol. The zero-order valence-electron chi connectivity index (χ0n) is 11.9. The molecule has 0 amide bonds. The molecule has 0 aliphatic carbocycles. The Kier molecular flexibility index (Phi) is 5.27. The van der Waals surface area contributed by atoms with Crippen molar-refractivity contribution in [3.05, 3.63) is 71.0 Å². The van der Waals surface area contributed by atoms with Crippen molar-refractivity contribution in [2.24, 2.45) is 0 Å². The number of hydrogen-bond donors (Lipinski definition) is 1. The van der Waals surface area contributed by atoms with E-state index in [0.717, 1.165) is 5.56 Å². The number of benzene rings is 2. The highest BCUT2D eigenvalue weighted by atomic mass is 19.1. The minimum atomic E-state index is -0.169. The van der Waals surface area contributed by atoms with Crippen molar-refractivity contribution in [2.45, 2.75) is 26.1 Å². The minimum Gasteiger partial charge on any atom is -0.380 e. The van der Waals surface area contributed by atoms with E-state index in [1.165, 1.54) is 11.6 Å². The number of ether oxygens (including phenoxy) is 1. The molecule has 0 saturated carbocycles. The van der Waals surface area contributed by atoms with Crippen molar-refractivity contribution in [3.63, 3.8) is 0 Å². The van der Waals surface area contributed by atoms with Gasteiger partial charge in [-0.15, -0.1) is 0 Å². The summed E-state index contributed by atoms with van der Waals surface area (Å²) in [6.45, 7) is 3.25. The maximum Gasteiger partial charge on any atom is 0.127 e. The van der Waals surface area contributed by atoms with Crippen molar-refractivity contribution >= 4 is 0 Å². The van der Waals surface area contributed by atoms with E-state index >= 15 is 0 Å². The van der Waals surface area contributed by atoms with E-state index in [0.29, 0.717) is 18.7 Å². The van der Waals surface area contributed by atoms with E-state index in [1.807, 2.05) is 37.3 Å². The van der Waals surface area contributed by atoms with Crippen LogP contribution >= 0.6 is 0 Å². The molecule has 0 spiro atoms. The van der Waals surface area contributed by atoms with Gasteiger partial charge in [-0.2, -0.15) is 0 Å². The monoisotopic (exact) mass is 273 g/mol. The van der Waals surface area contributed by atoms with Gasteiger partial charge in [-0.25, -0.2) is 4.39 Å². The second-order valence-electron chi connectivity index (χ2n) is 4.83. The molecule has 2 aromatic carbocycles. The lowest BCUT2D eigenvalue weighted by Gasteiger charge is -2.16. The first-order chi connectivity index (χ1) is 9.72. The average Bonchev–Trinajstić information content (AvgIpc) is 2.47. The molecule has 0 fully saturated rings. The van der Waals surface area contributed by atoms with Crippen LogP contribution in [0.15, 0.2) is 48.5 Å². The zero-order chi connectivity index (χ0) is 14.4. The molecule has 3 heteroatoms. The van der Waals surface area contributed by atoms with Gasteiger partial charge in [0.1, 0.15) is 5.82 Å². The smallest absolute Gasteiger partial charge is 0.127 e. The molecular formula is C17H20FNO. The summed E-state index contributed by atoms with van der Waals surface area (Å²) < 4.78 is 18.9. The molecule has 1 unspecified atom stereocenters. The third-order valence-corrected chi connectivity index (χ3v) is 3.39. The number of methoxy groups -OCH3 is 1. The fraction of sp³-hybridized carbons (Fsp3) is 0.294. The van der Waals surface area contributed by atoms with E-state index < -0.39 is 0 Å². The second kappa shape index (κ2) is 7.17. The quantitative estimate of drug-likeness (QED) is 0.864. The van der Waals surface area contributed by atoms with Crippen LogP contribution in [-0.2, 0) is 17.9 Å². The Morgan fingerprint density at radius 1 is 1.05 bits per heavy atom. The fourth-order valence-corrected chi connectivity index (χ4v) is 2.23. The third-order valence-electron chi connectivity index (χ3n) is 3.39. The van der Waals surface area contributed by atoms with Crippen LogP contribution in [-0.4, -0.2) is 7.11 Å². The first-order valence-electron chi connectivity index (χ1n) is 6.76. The summed E-state index contributed by atoms with van der Waals surface area (Å²) in [6, 6.07) is 15.0. The van der Waals surface area contributed by atoms with Gasteiger partial charge >= 0.3 is 0 Å². The molecular weight excluding hydrogens is 253 g/mol. The van der Waals surface area contributed by atoms with Gasteiger partial charge in [0, 0.05) is 25.3 Å². The summed E-state index contributed by atoms with van der Waals surface area (Å²) in [5.41, 5.74) is 3.03. The van der Waals surface area contributed by atoms with Crippen molar-refractivity contribution in [2.75, 3.05) is 7.11 Å². The Morgan fingerprint density at radius 3 is 2.40 bits per heavy atom. The molecule has 0 saturated heterocycles. The van der Waals surface area contributed by atoms with Gasteiger partial charge in [-0.05, 0) is 24.1 Å². The van der Waals surface area contributed by atoms with Gasteiger partial charge in [0.25, 0.3) is 0 Å². The van der Waals surface area contributed by atoms with Crippen LogP contribution in [0.1, 0.15) is 29.7 Å². The highest BCUT2D eigenvalue weighted by Gasteiger charge is 2.10. The second-order valence-corrected chi connectivity index (χ2v) is 4.83. The molecule has 0 radical (unpaired) electrons. The Bertz CT molecular complexity index is 556. The van der Waals surface area contributed by atoms with Gasteiger partial charge in [-0.1, -0.05) is 42.5 Å². The van der Waals surface area contributed by atoms with Crippen LogP contribution in [0.4, 0.5) is 4.39 Å². The Morgan fingerprint density at radius 2 is 1.70 bits per heavy atom. The summed E-state index contributed by atoms with van der Waals surface area (Å²) >= 11 is 0. The lowest BCUT2D eigenvalue weighted by molar-refractivity contribution is 0.184. The third kappa shape index (κ3) is 3.65. The van der Waals surface area contributed by atoms with E-state index in [2.05, 4.69) is 11.4 Å². The van der Waals surface area contributed by atoms with E-state index in [4.69, 9.17) is 4.74 Å². The van der Waals surface area contributed by atoms with Gasteiger partial charge in [0.05, 0.1) is 6.61 Å². The summed E-state index contributed by atoms with van der Waals surface area (Å²) in [4.78, 5) is 0. The zero-order valence-corrected chi connectivity index (χ0v) is 11.9. The maximum atomic E-state index is 13.7. The molecule has 0 aromatic heterocycles. The van der Waals surface area contributed by atoms with Crippen LogP contribution < -0.4 is 5.32 Å². The van der Waals surface area contributed by atoms with Gasteiger partial charge < -0.3 is 10.1 Å². The first-order valence-corrected chi connectivity index (χ1v) is 6.76. The Labute approximate surface area is 119 Å². The predicted molar refractivity (Wildman–Crippen MR) is 78.8 cm³/mol. The number of rotatable bonds is 6. The van der Waals surface area contributed by atoms with E-state index in [9.17, 15) is 4.39 Å².